The highest BCUT2D eigenvalue weighted by Crippen LogP contribution is 2.30. The van der Waals surface area contributed by atoms with Gasteiger partial charge in [-0.1, -0.05) is 23.2 Å². The van der Waals surface area contributed by atoms with Crippen molar-refractivity contribution in [2.24, 2.45) is 5.92 Å². The number of piperidine rings is 1. The fraction of sp³-hybridized carbons (Fsp3) is 0.611. The predicted octanol–water partition coefficient (Wildman–Crippen LogP) is 3.33. The molecule has 1 aliphatic rings. The van der Waals surface area contributed by atoms with Gasteiger partial charge in [0.1, 0.15) is 4.90 Å². The largest absolute Gasteiger partial charge is 0.379 e. The highest BCUT2D eigenvalue weighted by atomic mass is 35.5. The lowest BCUT2D eigenvalue weighted by Crippen LogP contribution is -2.45. The molecule has 2 rings (SSSR count). The SMILES string of the molecule is CC(C)OCCCNC(=O)[C@@H]1CCCN(S(=O)(=O)c2cc(Cl)ccc2Cl)C1. The van der Waals surface area contributed by atoms with E-state index in [-0.39, 0.29) is 34.4 Å². The minimum absolute atomic E-state index is 0.0245. The van der Waals surface area contributed by atoms with Gasteiger partial charge < -0.3 is 10.1 Å². The molecule has 1 fully saturated rings. The number of carbonyl (C=O) groups excluding carboxylic acids is 1. The van der Waals surface area contributed by atoms with Gasteiger partial charge in [0.25, 0.3) is 0 Å². The average Bonchev–Trinajstić information content (AvgIpc) is 2.63. The molecule has 6 nitrogen and oxygen atoms in total. The first-order valence-corrected chi connectivity index (χ1v) is 11.3. The first-order chi connectivity index (χ1) is 12.7. The Morgan fingerprint density at radius 3 is 2.81 bits per heavy atom. The van der Waals surface area contributed by atoms with Crippen molar-refractivity contribution in [1.29, 1.82) is 0 Å². The molecule has 0 unspecified atom stereocenters. The van der Waals surface area contributed by atoms with Crippen LogP contribution in [0, 0.1) is 5.92 Å². The maximum Gasteiger partial charge on any atom is 0.244 e. The number of carbonyl (C=O) groups is 1. The van der Waals surface area contributed by atoms with Crippen LogP contribution in [-0.4, -0.2) is 51.0 Å². The van der Waals surface area contributed by atoms with Crippen LogP contribution >= 0.6 is 23.2 Å². The summed E-state index contributed by atoms with van der Waals surface area (Å²) in [5.74, 6) is -0.505. The van der Waals surface area contributed by atoms with Crippen LogP contribution in [-0.2, 0) is 19.6 Å². The number of hydrogen-bond donors (Lipinski definition) is 1. The maximum absolute atomic E-state index is 12.9. The van der Waals surface area contributed by atoms with Crippen LogP contribution < -0.4 is 5.32 Å². The van der Waals surface area contributed by atoms with Crippen molar-refractivity contribution in [3.8, 4) is 0 Å². The monoisotopic (exact) mass is 436 g/mol. The van der Waals surface area contributed by atoms with Gasteiger partial charge in [-0.15, -0.1) is 0 Å². The Balaban J connectivity index is 1.96. The van der Waals surface area contributed by atoms with Crippen molar-refractivity contribution in [2.75, 3.05) is 26.2 Å². The van der Waals surface area contributed by atoms with E-state index in [0.29, 0.717) is 37.6 Å². The fourth-order valence-corrected chi connectivity index (χ4v) is 5.20. The van der Waals surface area contributed by atoms with Crippen LogP contribution in [0.25, 0.3) is 0 Å². The van der Waals surface area contributed by atoms with Crippen molar-refractivity contribution < 1.29 is 17.9 Å². The van der Waals surface area contributed by atoms with Crippen LogP contribution in [0.4, 0.5) is 0 Å². The normalized spacial score (nSPS) is 18.6. The number of halogens is 2. The zero-order valence-electron chi connectivity index (χ0n) is 15.6. The van der Waals surface area contributed by atoms with Gasteiger partial charge in [0.05, 0.1) is 17.0 Å². The Bertz CT molecular complexity index is 756. The third-order valence-electron chi connectivity index (χ3n) is 4.34. The summed E-state index contributed by atoms with van der Waals surface area (Å²) in [7, 11) is -3.80. The van der Waals surface area contributed by atoms with E-state index in [1.165, 1.54) is 16.4 Å². The lowest BCUT2D eigenvalue weighted by molar-refractivity contribution is -0.126. The number of nitrogens with one attached hydrogen (secondary N) is 1. The highest BCUT2D eigenvalue weighted by molar-refractivity contribution is 7.89. The van der Waals surface area contributed by atoms with Crippen LogP contribution in [0.2, 0.25) is 10.0 Å². The summed E-state index contributed by atoms with van der Waals surface area (Å²) in [6, 6.07) is 4.35. The molecule has 1 amide bonds. The van der Waals surface area contributed by atoms with Crippen LogP contribution in [0.1, 0.15) is 33.1 Å². The molecule has 9 heteroatoms. The van der Waals surface area contributed by atoms with E-state index in [4.69, 9.17) is 27.9 Å². The summed E-state index contributed by atoms with van der Waals surface area (Å²) in [5.41, 5.74) is 0. The van der Waals surface area contributed by atoms with E-state index in [1.54, 1.807) is 6.07 Å². The Kier molecular flexibility index (Phi) is 8.37. The molecule has 0 aliphatic carbocycles. The Hall–Kier alpha value is -0.860. The van der Waals surface area contributed by atoms with Crippen LogP contribution in [0.15, 0.2) is 23.1 Å². The minimum Gasteiger partial charge on any atom is -0.379 e. The number of ether oxygens (including phenoxy) is 1. The van der Waals surface area contributed by atoms with Crippen molar-refractivity contribution in [3.63, 3.8) is 0 Å². The Morgan fingerprint density at radius 1 is 1.37 bits per heavy atom. The summed E-state index contributed by atoms with van der Waals surface area (Å²) in [6.45, 7) is 5.51. The molecule has 1 aromatic carbocycles. The minimum atomic E-state index is -3.80. The van der Waals surface area contributed by atoms with Crippen molar-refractivity contribution in [1.82, 2.24) is 9.62 Å². The molecule has 152 valence electrons. The second kappa shape index (κ2) is 10.1. The van der Waals surface area contributed by atoms with Gasteiger partial charge in [-0.2, -0.15) is 4.31 Å². The molecule has 0 spiro atoms. The van der Waals surface area contributed by atoms with Gasteiger partial charge in [-0.05, 0) is 51.3 Å². The molecule has 0 saturated carbocycles. The summed E-state index contributed by atoms with van der Waals surface area (Å²) in [5, 5.41) is 3.29. The predicted molar refractivity (Wildman–Crippen MR) is 107 cm³/mol. The van der Waals surface area contributed by atoms with E-state index in [0.717, 1.165) is 6.42 Å². The van der Waals surface area contributed by atoms with Gasteiger partial charge in [0, 0.05) is 31.3 Å². The molecule has 1 N–H and O–H groups in total. The summed E-state index contributed by atoms with van der Waals surface area (Å²) < 4.78 is 32.6. The summed E-state index contributed by atoms with van der Waals surface area (Å²) in [4.78, 5) is 12.4. The van der Waals surface area contributed by atoms with Gasteiger partial charge in [-0.25, -0.2) is 8.42 Å². The molecular weight excluding hydrogens is 411 g/mol. The molecule has 0 radical (unpaired) electrons. The molecular formula is C18H26Cl2N2O4S. The molecule has 1 aromatic rings. The quantitative estimate of drug-likeness (QED) is 0.633. The Labute approximate surface area is 171 Å². The van der Waals surface area contributed by atoms with Crippen molar-refractivity contribution in [3.05, 3.63) is 28.2 Å². The number of sulfonamides is 1. The average molecular weight is 437 g/mol. The van der Waals surface area contributed by atoms with E-state index >= 15 is 0 Å². The number of rotatable bonds is 8. The van der Waals surface area contributed by atoms with Crippen LogP contribution in [0.5, 0.6) is 0 Å². The van der Waals surface area contributed by atoms with E-state index in [2.05, 4.69) is 5.32 Å². The summed E-state index contributed by atoms with van der Waals surface area (Å²) >= 11 is 12.0. The number of nitrogens with zero attached hydrogens (tertiary/aromatic N) is 1. The number of amides is 1. The molecule has 0 bridgehead atoms. The number of benzene rings is 1. The maximum atomic E-state index is 12.9. The standard InChI is InChI=1S/C18H26Cl2N2O4S/c1-13(2)26-10-4-8-21-18(23)14-5-3-9-22(12-14)27(24,25)17-11-15(19)6-7-16(17)20/h6-7,11,13-14H,3-5,8-10,12H2,1-2H3,(H,21,23)/t14-/m1/s1. The molecule has 27 heavy (non-hydrogen) atoms. The van der Waals surface area contributed by atoms with Gasteiger partial charge >= 0.3 is 0 Å². The summed E-state index contributed by atoms with van der Waals surface area (Å²) in [6.07, 6.45) is 2.16. The first-order valence-electron chi connectivity index (χ1n) is 9.06. The lowest BCUT2D eigenvalue weighted by atomic mass is 9.99. The van der Waals surface area contributed by atoms with Crippen LogP contribution in [0.3, 0.4) is 0 Å². The lowest BCUT2D eigenvalue weighted by Gasteiger charge is -2.31. The van der Waals surface area contributed by atoms with Gasteiger partial charge in [0.2, 0.25) is 15.9 Å². The third kappa shape index (κ3) is 6.32. The highest BCUT2D eigenvalue weighted by Gasteiger charge is 2.34. The zero-order valence-corrected chi connectivity index (χ0v) is 17.9. The molecule has 0 aromatic heterocycles. The Morgan fingerprint density at radius 2 is 2.11 bits per heavy atom. The third-order valence-corrected chi connectivity index (χ3v) is 6.92. The van der Waals surface area contributed by atoms with Crippen molar-refractivity contribution in [2.45, 2.75) is 44.1 Å². The van der Waals surface area contributed by atoms with E-state index in [1.807, 2.05) is 13.8 Å². The fourth-order valence-electron chi connectivity index (χ4n) is 2.94. The first kappa shape index (κ1) is 22.4. The van der Waals surface area contributed by atoms with Gasteiger partial charge in [0.15, 0.2) is 0 Å². The smallest absolute Gasteiger partial charge is 0.244 e. The molecule has 1 aliphatic heterocycles. The second-order valence-corrected chi connectivity index (χ2v) is 9.59. The van der Waals surface area contributed by atoms with Crippen molar-refractivity contribution >= 4 is 39.1 Å². The van der Waals surface area contributed by atoms with Gasteiger partial charge in [-0.3, -0.25) is 4.79 Å². The van der Waals surface area contributed by atoms with E-state index in [9.17, 15) is 13.2 Å². The molecule has 1 atom stereocenters. The topological polar surface area (TPSA) is 75.7 Å². The number of hydrogen-bond acceptors (Lipinski definition) is 4. The second-order valence-electron chi connectivity index (χ2n) is 6.84. The molecule has 1 heterocycles. The van der Waals surface area contributed by atoms with E-state index < -0.39 is 10.0 Å². The zero-order chi connectivity index (χ0) is 20.0. The molecule has 1 saturated heterocycles.